The monoisotopic (exact) mass is 246 g/mol. The van der Waals surface area contributed by atoms with Gasteiger partial charge in [-0.05, 0) is 24.6 Å². The van der Waals surface area contributed by atoms with Crippen molar-refractivity contribution in [3.8, 4) is 0 Å². The lowest BCUT2D eigenvalue weighted by Crippen LogP contribution is -2.19. The van der Waals surface area contributed by atoms with Crippen LogP contribution in [0.4, 0.5) is 0 Å². The Morgan fingerprint density at radius 1 is 1.50 bits per heavy atom. The summed E-state index contributed by atoms with van der Waals surface area (Å²) in [5.41, 5.74) is 1.87. The molecule has 0 unspecified atom stereocenters. The molecular formula is C12H14N4O2. The summed E-state index contributed by atoms with van der Waals surface area (Å²) >= 11 is 0. The Morgan fingerprint density at radius 2 is 2.22 bits per heavy atom. The SMILES string of the molecule is C[C@H](NCc1cn[nH]c1C(=O)O)c1ccncc1. The molecule has 2 aromatic rings. The van der Waals surface area contributed by atoms with Gasteiger partial charge in [0.15, 0.2) is 0 Å². The molecule has 2 aromatic heterocycles. The topological polar surface area (TPSA) is 90.9 Å². The minimum atomic E-state index is -0.999. The van der Waals surface area contributed by atoms with Crippen LogP contribution in [0.2, 0.25) is 0 Å². The number of aromatic nitrogens is 3. The molecule has 0 spiro atoms. The molecule has 0 aromatic carbocycles. The zero-order valence-corrected chi connectivity index (χ0v) is 9.92. The lowest BCUT2D eigenvalue weighted by atomic mass is 10.1. The third-order valence-electron chi connectivity index (χ3n) is 2.74. The minimum absolute atomic E-state index is 0.115. The van der Waals surface area contributed by atoms with E-state index in [0.29, 0.717) is 12.1 Å². The molecule has 0 saturated heterocycles. The third kappa shape index (κ3) is 2.72. The van der Waals surface area contributed by atoms with Crippen molar-refractivity contribution in [3.63, 3.8) is 0 Å². The molecule has 6 heteroatoms. The van der Waals surface area contributed by atoms with Crippen LogP contribution in [0.15, 0.2) is 30.7 Å². The van der Waals surface area contributed by atoms with Crippen molar-refractivity contribution >= 4 is 5.97 Å². The molecule has 6 nitrogen and oxygen atoms in total. The number of aromatic amines is 1. The molecule has 0 radical (unpaired) electrons. The van der Waals surface area contributed by atoms with Gasteiger partial charge in [0.2, 0.25) is 0 Å². The van der Waals surface area contributed by atoms with E-state index >= 15 is 0 Å². The number of hydrogen-bond acceptors (Lipinski definition) is 4. The highest BCUT2D eigenvalue weighted by Gasteiger charge is 2.13. The number of nitrogens with zero attached hydrogens (tertiary/aromatic N) is 2. The van der Waals surface area contributed by atoms with Crippen molar-refractivity contribution in [1.82, 2.24) is 20.5 Å². The smallest absolute Gasteiger partial charge is 0.354 e. The van der Waals surface area contributed by atoms with Crippen LogP contribution >= 0.6 is 0 Å². The molecule has 18 heavy (non-hydrogen) atoms. The van der Waals surface area contributed by atoms with E-state index < -0.39 is 5.97 Å². The zero-order valence-electron chi connectivity index (χ0n) is 9.92. The van der Waals surface area contributed by atoms with Gasteiger partial charge in [0.25, 0.3) is 0 Å². The van der Waals surface area contributed by atoms with Gasteiger partial charge in [-0.2, -0.15) is 5.10 Å². The number of pyridine rings is 1. The average Bonchev–Trinajstić information content (AvgIpc) is 2.85. The lowest BCUT2D eigenvalue weighted by molar-refractivity contribution is 0.0689. The molecule has 3 N–H and O–H groups in total. The minimum Gasteiger partial charge on any atom is -0.477 e. The predicted molar refractivity (Wildman–Crippen MR) is 65.0 cm³/mol. The zero-order chi connectivity index (χ0) is 13.0. The van der Waals surface area contributed by atoms with E-state index in [9.17, 15) is 4.79 Å². The first-order chi connectivity index (χ1) is 8.68. The summed E-state index contributed by atoms with van der Waals surface area (Å²) in [6.07, 6.45) is 4.98. The van der Waals surface area contributed by atoms with Crippen molar-refractivity contribution in [3.05, 3.63) is 47.5 Å². The fourth-order valence-corrected chi connectivity index (χ4v) is 1.66. The molecule has 1 atom stereocenters. The molecule has 0 aliphatic carbocycles. The van der Waals surface area contributed by atoms with Crippen LogP contribution in [0.5, 0.6) is 0 Å². The number of carboxylic acids is 1. The highest BCUT2D eigenvalue weighted by atomic mass is 16.4. The maximum absolute atomic E-state index is 10.9. The second-order valence-corrected chi connectivity index (χ2v) is 3.96. The standard InChI is InChI=1S/C12H14N4O2/c1-8(9-2-4-13-5-3-9)14-6-10-7-15-16-11(10)12(17)18/h2-5,7-8,14H,6H2,1H3,(H,15,16)(H,17,18)/t8-/m0/s1. The fraction of sp³-hybridized carbons (Fsp3) is 0.250. The van der Waals surface area contributed by atoms with Gasteiger partial charge in [-0.3, -0.25) is 10.1 Å². The van der Waals surface area contributed by atoms with Crippen molar-refractivity contribution in [1.29, 1.82) is 0 Å². The van der Waals surface area contributed by atoms with E-state index in [-0.39, 0.29) is 11.7 Å². The van der Waals surface area contributed by atoms with Crippen molar-refractivity contribution in [2.75, 3.05) is 0 Å². The van der Waals surface area contributed by atoms with Crippen LogP contribution in [0.25, 0.3) is 0 Å². The van der Waals surface area contributed by atoms with Gasteiger partial charge in [-0.15, -0.1) is 0 Å². The van der Waals surface area contributed by atoms with E-state index in [2.05, 4.69) is 20.5 Å². The normalized spacial score (nSPS) is 12.3. The maximum atomic E-state index is 10.9. The highest BCUT2D eigenvalue weighted by Crippen LogP contribution is 2.12. The molecule has 0 fully saturated rings. The molecule has 0 aliphatic rings. The highest BCUT2D eigenvalue weighted by molar-refractivity contribution is 5.86. The molecule has 0 aliphatic heterocycles. The quantitative estimate of drug-likeness (QED) is 0.740. The van der Waals surface area contributed by atoms with Crippen molar-refractivity contribution in [2.24, 2.45) is 0 Å². The molecule has 0 bridgehead atoms. The molecular weight excluding hydrogens is 232 g/mol. The van der Waals surface area contributed by atoms with E-state index in [1.165, 1.54) is 6.20 Å². The van der Waals surface area contributed by atoms with Gasteiger partial charge in [-0.1, -0.05) is 0 Å². The molecule has 94 valence electrons. The second-order valence-electron chi connectivity index (χ2n) is 3.96. The predicted octanol–water partition coefficient (Wildman–Crippen LogP) is 1.35. The number of hydrogen-bond donors (Lipinski definition) is 3. The summed E-state index contributed by atoms with van der Waals surface area (Å²) in [4.78, 5) is 14.8. The Morgan fingerprint density at radius 3 is 2.89 bits per heavy atom. The summed E-state index contributed by atoms with van der Waals surface area (Å²) in [6, 6.07) is 3.96. The number of carbonyl (C=O) groups is 1. The summed E-state index contributed by atoms with van der Waals surface area (Å²) in [7, 11) is 0. The number of H-pyrrole nitrogens is 1. The number of carboxylic acid groups (broad SMARTS) is 1. The summed E-state index contributed by atoms with van der Waals surface area (Å²) in [5.74, 6) is -0.999. The van der Waals surface area contributed by atoms with Gasteiger partial charge in [-0.25, -0.2) is 4.79 Å². The lowest BCUT2D eigenvalue weighted by Gasteiger charge is -2.13. The Hall–Kier alpha value is -2.21. The van der Waals surface area contributed by atoms with Crippen LogP contribution in [0.3, 0.4) is 0 Å². The van der Waals surface area contributed by atoms with Crippen LogP contribution in [0.1, 0.15) is 34.6 Å². The van der Waals surface area contributed by atoms with Crippen LogP contribution in [-0.2, 0) is 6.54 Å². The van der Waals surface area contributed by atoms with Crippen molar-refractivity contribution in [2.45, 2.75) is 19.5 Å². The first-order valence-corrected chi connectivity index (χ1v) is 5.57. The molecule has 2 heterocycles. The largest absolute Gasteiger partial charge is 0.477 e. The summed E-state index contributed by atoms with van der Waals surface area (Å²) < 4.78 is 0. The van der Waals surface area contributed by atoms with Gasteiger partial charge in [0.1, 0.15) is 5.69 Å². The van der Waals surface area contributed by atoms with E-state index in [4.69, 9.17) is 5.11 Å². The number of aromatic carboxylic acids is 1. The van der Waals surface area contributed by atoms with E-state index in [1.807, 2.05) is 19.1 Å². The maximum Gasteiger partial charge on any atom is 0.354 e. The fourth-order valence-electron chi connectivity index (χ4n) is 1.66. The molecule has 2 rings (SSSR count). The first-order valence-electron chi connectivity index (χ1n) is 5.57. The second kappa shape index (κ2) is 5.42. The number of rotatable bonds is 5. The van der Waals surface area contributed by atoms with E-state index in [0.717, 1.165) is 5.56 Å². The Balaban J connectivity index is 1.99. The summed E-state index contributed by atoms with van der Waals surface area (Å²) in [5, 5.41) is 18.4. The summed E-state index contributed by atoms with van der Waals surface area (Å²) in [6.45, 7) is 2.46. The average molecular weight is 246 g/mol. The van der Waals surface area contributed by atoms with Crippen LogP contribution in [0, 0.1) is 0 Å². The molecule has 0 saturated carbocycles. The van der Waals surface area contributed by atoms with Gasteiger partial charge >= 0.3 is 5.97 Å². The number of nitrogens with one attached hydrogen (secondary N) is 2. The van der Waals surface area contributed by atoms with Gasteiger partial charge in [0.05, 0.1) is 6.20 Å². The van der Waals surface area contributed by atoms with E-state index in [1.54, 1.807) is 12.4 Å². The Labute approximate surface area is 104 Å². The third-order valence-corrected chi connectivity index (χ3v) is 2.74. The van der Waals surface area contributed by atoms with Crippen LogP contribution in [-0.4, -0.2) is 26.3 Å². The Kier molecular flexibility index (Phi) is 3.69. The van der Waals surface area contributed by atoms with Crippen molar-refractivity contribution < 1.29 is 9.90 Å². The van der Waals surface area contributed by atoms with Gasteiger partial charge in [0, 0.05) is 30.5 Å². The Bertz CT molecular complexity index is 524. The molecule has 0 amide bonds. The van der Waals surface area contributed by atoms with Crippen LogP contribution < -0.4 is 5.32 Å². The van der Waals surface area contributed by atoms with Gasteiger partial charge < -0.3 is 10.4 Å². The first kappa shape index (κ1) is 12.3.